The number of carbonyl (C=O) groups is 1. The van der Waals surface area contributed by atoms with Gasteiger partial charge in [0.05, 0.1) is 5.69 Å². The van der Waals surface area contributed by atoms with Gasteiger partial charge in [0.25, 0.3) is 5.56 Å². The molecule has 18 heavy (non-hydrogen) atoms. The molecular formula is C11H12N4O3. The summed E-state index contributed by atoms with van der Waals surface area (Å²) in [7, 11) is 0. The lowest BCUT2D eigenvalue weighted by Crippen LogP contribution is -2.29. The van der Waals surface area contributed by atoms with E-state index in [1.165, 1.54) is 4.52 Å². The maximum Gasteiger partial charge on any atom is 0.325 e. The topological polar surface area (TPSA) is 89.5 Å². The van der Waals surface area contributed by atoms with E-state index in [4.69, 9.17) is 5.11 Å². The summed E-state index contributed by atoms with van der Waals surface area (Å²) < 4.78 is 2.46. The van der Waals surface area contributed by atoms with Crippen molar-refractivity contribution < 1.29 is 9.90 Å². The van der Waals surface area contributed by atoms with Crippen molar-refractivity contribution in [3.63, 3.8) is 0 Å². The average molecular weight is 248 g/mol. The Morgan fingerprint density at radius 3 is 2.83 bits per heavy atom. The van der Waals surface area contributed by atoms with Gasteiger partial charge in [0.15, 0.2) is 0 Å². The number of hydrogen-bond donors (Lipinski definition) is 1. The van der Waals surface area contributed by atoms with Crippen LogP contribution in [0.3, 0.4) is 0 Å². The standard InChI is InChI=1S/C11H12N4O3/c1-6-12-14(5-10(16)17)11(18)9-4-8(7-2-3-7)13-15(6)9/h4,7H,2-3,5H2,1H3,(H,16,17). The highest BCUT2D eigenvalue weighted by molar-refractivity contribution is 5.66. The lowest BCUT2D eigenvalue weighted by atomic mass is 10.3. The van der Waals surface area contributed by atoms with Crippen molar-refractivity contribution in [2.45, 2.75) is 32.2 Å². The first-order valence-corrected chi connectivity index (χ1v) is 5.75. The molecule has 1 aliphatic carbocycles. The number of aromatic nitrogens is 4. The third-order valence-electron chi connectivity index (χ3n) is 3.03. The predicted molar refractivity (Wildman–Crippen MR) is 61.6 cm³/mol. The van der Waals surface area contributed by atoms with Gasteiger partial charge >= 0.3 is 5.97 Å². The summed E-state index contributed by atoms with van der Waals surface area (Å²) in [6, 6.07) is 1.74. The largest absolute Gasteiger partial charge is 0.480 e. The maximum atomic E-state index is 12.0. The third kappa shape index (κ3) is 1.68. The Balaban J connectivity index is 2.20. The molecule has 0 atom stereocenters. The summed E-state index contributed by atoms with van der Waals surface area (Å²) in [4.78, 5) is 22.7. The summed E-state index contributed by atoms with van der Waals surface area (Å²) >= 11 is 0. The Morgan fingerprint density at radius 2 is 2.22 bits per heavy atom. The van der Waals surface area contributed by atoms with Crippen LogP contribution in [0, 0.1) is 6.92 Å². The van der Waals surface area contributed by atoms with Crippen molar-refractivity contribution >= 4 is 11.5 Å². The van der Waals surface area contributed by atoms with Crippen LogP contribution in [-0.4, -0.2) is 30.5 Å². The second-order valence-corrected chi connectivity index (χ2v) is 4.54. The lowest BCUT2D eigenvalue weighted by Gasteiger charge is -2.03. The number of rotatable bonds is 3. The number of carboxylic acids is 1. The monoisotopic (exact) mass is 248 g/mol. The van der Waals surface area contributed by atoms with E-state index in [1.54, 1.807) is 13.0 Å². The fraction of sp³-hybridized carbons (Fsp3) is 0.455. The molecule has 0 aliphatic heterocycles. The number of aliphatic carboxylic acids is 1. The SMILES string of the molecule is Cc1nn(CC(=O)O)c(=O)c2cc(C3CC3)nn12. The zero-order valence-corrected chi connectivity index (χ0v) is 9.83. The molecule has 0 unspecified atom stereocenters. The van der Waals surface area contributed by atoms with Crippen molar-refractivity contribution in [2.75, 3.05) is 0 Å². The Morgan fingerprint density at radius 1 is 1.50 bits per heavy atom. The van der Waals surface area contributed by atoms with Gasteiger partial charge in [-0.05, 0) is 25.8 Å². The zero-order valence-electron chi connectivity index (χ0n) is 9.83. The number of carboxylic acid groups (broad SMARTS) is 1. The molecule has 1 aliphatic rings. The fourth-order valence-electron chi connectivity index (χ4n) is 2.01. The van der Waals surface area contributed by atoms with E-state index in [9.17, 15) is 9.59 Å². The summed E-state index contributed by atoms with van der Waals surface area (Å²) in [6.07, 6.45) is 2.19. The second-order valence-electron chi connectivity index (χ2n) is 4.54. The molecule has 2 heterocycles. The lowest BCUT2D eigenvalue weighted by molar-refractivity contribution is -0.138. The third-order valence-corrected chi connectivity index (χ3v) is 3.03. The number of aryl methyl sites for hydroxylation is 1. The van der Waals surface area contributed by atoms with Crippen molar-refractivity contribution in [3.8, 4) is 0 Å². The summed E-state index contributed by atoms with van der Waals surface area (Å²) in [5.41, 5.74) is 0.873. The van der Waals surface area contributed by atoms with Gasteiger partial charge < -0.3 is 5.11 Å². The van der Waals surface area contributed by atoms with Crippen LogP contribution in [0.15, 0.2) is 10.9 Å². The fourth-order valence-corrected chi connectivity index (χ4v) is 2.01. The molecule has 0 spiro atoms. The van der Waals surface area contributed by atoms with Crippen LogP contribution in [0.2, 0.25) is 0 Å². The van der Waals surface area contributed by atoms with Crippen LogP contribution in [-0.2, 0) is 11.3 Å². The molecule has 0 bridgehead atoms. The van der Waals surface area contributed by atoms with E-state index in [-0.39, 0.29) is 0 Å². The molecule has 0 radical (unpaired) electrons. The average Bonchev–Trinajstić information content (AvgIpc) is 3.04. The van der Waals surface area contributed by atoms with Crippen LogP contribution in [0.5, 0.6) is 0 Å². The maximum absolute atomic E-state index is 12.0. The minimum atomic E-state index is -1.09. The molecule has 1 N–H and O–H groups in total. The number of nitrogens with zero attached hydrogens (tertiary/aromatic N) is 4. The highest BCUT2D eigenvalue weighted by atomic mass is 16.4. The summed E-state index contributed by atoms with van der Waals surface area (Å²) in [6.45, 7) is 1.27. The van der Waals surface area contributed by atoms with Crippen molar-refractivity contribution in [1.29, 1.82) is 0 Å². The van der Waals surface area contributed by atoms with Crippen LogP contribution >= 0.6 is 0 Å². The predicted octanol–water partition coefficient (Wildman–Crippen LogP) is 0.161. The number of fused-ring (bicyclic) bond motifs is 1. The van der Waals surface area contributed by atoms with Gasteiger partial charge in [0.1, 0.15) is 17.9 Å². The molecule has 0 aromatic carbocycles. The Kier molecular flexibility index (Phi) is 2.22. The molecule has 7 nitrogen and oxygen atoms in total. The van der Waals surface area contributed by atoms with Crippen molar-refractivity contribution in [3.05, 3.63) is 27.9 Å². The van der Waals surface area contributed by atoms with Gasteiger partial charge in [0, 0.05) is 5.92 Å². The van der Waals surface area contributed by atoms with E-state index in [0.29, 0.717) is 17.3 Å². The van der Waals surface area contributed by atoms with E-state index in [1.807, 2.05) is 0 Å². The van der Waals surface area contributed by atoms with Gasteiger partial charge in [-0.15, -0.1) is 0 Å². The minimum absolute atomic E-state index is 0.394. The van der Waals surface area contributed by atoms with Gasteiger partial charge in [-0.25, -0.2) is 9.20 Å². The minimum Gasteiger partial charge on any atom is -0.480 e. The molecule has 1 saturated carbocycles. The highest BCUT2D eigenvalue weighted by Gasteiger charge is 2.27. The highest BCUT2D eigenvalue weighted by Crippen LogP contribution is 2.39. The summed E-state index contributed by atoms with van der Waals surface area (Å²) in [5.74, 6) is -0.135. The molecule has 0 amide bonds. The van der Waals surface area contributed by atoms with Crippen LogP contribution in [0.25, 0.3) is 5.52 Å². The van der Waals surface area contributed by atoms with E-state index < -0.39 is 18.1 Å². The van der Waals surface area contributed by atoms with E-state index in [2.05, 4.69) is 10.2 Å². The first-order chi connectivity index (χ1) is 8.56. The molecule has 3 rings (SSSR count). The first-order valence-electron chi connectivity index (χ1n) is 5.75. The van der Waals surface area contributed by atoms with Gasteiger partial charge in [0.2, 0.25) is 0 Å². The van der Waals surface area contributed by atoms with Crippen molar-refractivity contribution in [2.24, 2.45) is 0 Å². The van der Waals surface area contributed by atoms with Gasteiger partial charge in [-0.1, -0.05) is 0 Å². The quantitative estimate of drug-likeness (QED) is 0.835. The molecular weight excluding hydrogens is 236 g/mol. The molecule has 2 aromatic rings. The normalized spacial score (nSPS) is 15.2. The molecule has 7 heteroatoms. The van der Waals surface area contributed by atoms with Crippen LogP contribution in [0.1, 0.15) is 30.3 Å². The molecule has 0 saturated heterocycles. The van der Waals surface area contributed by atoms with Crippen LogP contribution in [0.4, 0.5) is 0 Å². The smallest absolute Gasteiger partial charge is 0.325 e. The Hall–Kier alpha value is -2.18. The van der Waals surface area contributed by atoms with E-state index in [0.717, 1.165) is 23.2 Å². The molecule has 94 valence electrons. The van der Waals surface area contributed by atoms with E-state index >= 15 is 0 Å². The first kappa shape index (κ1) is 10.9. The number of hydrogen-bond acceptors (Lipinski definition) is 4. The zero-order chi connectivity index (χ0) is 12.9. The van der Waals surface area contributed by atoms with Crippen LogP contribution < -0.4 is 5.56 Å². The Bertz CT molecular complexity index is 696. The summed E-state index contributed by atoms with van der Waals surface area (Å²) in [5, 5.41) is 17.0. The Labute approximate surface area is 102 Å². The van der Waals surface area contributed by atoms with Gasteiger partial charge in [-0.2, -0.15) is 10.2 Å². The molecule has 1 fully saturated rings. The van der Waals surface area contributed by atoms with Gasteiger partial charge in [-0.3, -0.25) is 9.59 Å². The van der Waals surface area contributed by atoms with Crippen molar-refractivity contribution in [1.82, 2.24) is 19.4 Å². The molecule has 2 aromatic heterocycles. The second kappa shape index (κ2) is 3.66.